The first-order chi connectivity index (χ1) is 13.1. The van der Waals surface area contributed by atoms with E-state index >= 15 is 0 Å². The molecule has 27 heavy (non-hydrogen) atoms. The van der Waals surface area contributed by atoms with Crippen LogP contribution in [0.3, 0.4) is 0 Å². The highest BCUT2D eigenvalue weighted by Crippen LogP contribution is 2.17. The van der Waals surface area contributed by atoms with E-state index in [1.54, 1.807) is 20.1 Å². The summed E-state index contributed by atoms with van der Waals surface area (Å²) >= 11 is 5.12. The molecule has 0 unspecified atom stereocenters. The van der Waals surface area contributed by atoms with Crippen molar-refractivity contribution in [3.8, 4) is 6.07 Å². The van der Waals surface area contributed by atoms with E-state index in [1.807, 2.05) is 18.2 Å². The van der Waals surface area contributed by atoms with Gasteiger partial charge >= 0.3 is 0 Å². The summed E-state index contributed by atoms with van der Waals surface area (Å²) in [5.41, 5.74) is 7.92. The molecule has 0 saturated carbocycles. The molecule has 0 aliphatic rings. The number of imidazole rings is 1. The number of aromatic nitrogens is 2. The zero-order valence-corrected chi connectivity index (χ0v) is 15.7. The number of nitrogens with one attached hydrogen (secondary N) is 3. The van der Waals surface area contributed by atoms with Gasteiger partial charge in [-0.2, -0.15) is 5.26 Å². The van der Waals surface area contributed by atoms with E-state index in [2.05, 4.69) is 27.2 Å². The minimum absolute atomic E-state index is 0.261. The van der Waals surface area contributed by atoms with Crippen LogP contribution in [0.2, 0.25) is 0 Å². The van der Waals surface area contributed by atoms with Gasteiger partial charge in [-0.15, -0.1) is 0 Å². The Kier molecular flexibility index (Phi) is 5.49. The third-order valence-electron chi connectivity index (χ3n) is 4.10. The Bertz CT molecular complexity index is 1160. The lowest BCUT2D eigenvalue weighted by Gasteiger charge is -2.09. The second-order valence-electron chi connectivity index (χ2n) is 5.75. The molecule has 0 saturated heterocycles. The molecule has 0 spiro atoms. The van der Waals surface area contributed by atoms with Gasteiger partial charge in [0.2, 0.25) is 0 Å². The highest BCUT2D eigenvalue weighted by atomic mass is 32.1. The van der Waals surface area contributed by atoms with E-state index < -0.39 is 0 Å². The standard InChI is InChI=1S/C18H18N6O2S/c1-11-12(9-19)16-22-14-5-3-4-6-15(14)24(16)17(25)13(11)10-21-23-18(27)20-7-8-26-2/h3-6,10,21H,7-8H2,1-2H3,(H2,20,23,27). The molecule has 0 fully saturated rings. The van der Waals surface area contributed by atoms with Gasteiger partial charge in [0.05, 0.1) is 28.4 Å². The number of hydrogen-bond donors (Lipinski definition) is 3. The molecule has 3 aromatic rings. The van der Waals surface area contributed by atoms with Crippen molar-refractivity contribution in [2.45, 2.75) is 6.92 Å². The third kappa shape index (κ3) is 3.53. The second kappa shape index (κ2) is 7.99. The lowest BCUT2D eigenvalue weighted by atomic mass is 10.1. The fourth-order valence-corrected chi connectivity index (χ4v) is 2.93. The topological polar surface area (TPSA) is 103 Å². The van der Waals surface area contributed by atoms with Crippen LogP contribution in [0.25, 0.3) is 22.9 Å². The maximum atomic E-state index is 13.0. The van der Waals surface area contributed by atoms with Crippen molar-refractivity contribution < 1.29 is 4.74 Å². The number of hydrazine groups is 1. The largest absolute Gasteiger partial charge is 0.383 e. The number of hydrogen-bond acceptors (Lipinski definition) is 6. The van der Waals surface area contributed by atoms with Crippen molar-refractivity contribution in [1.82, 2.24) is 25.6 Å². The predicted octanol–water partition coefficient (Wildman–Crippen LogP) is 0.0998. The van der Waals surface area contributed by atoms with Crippen molar-refractivity contribution in [2.75, 3.05) is 20.3 Å². The van der Waals surface area contributed by atoms with Gasteiger partial charge in [-0.05, 0) is 36.8 Å². The van der Waals surface area contributed by atoms with Gasteiger partial charge in [-0.3, -0.25) is 14.6 Å². The number of ether oxygens (including phenoxy) is 1. The molecule has 9 heteroatoms. The van der Waals surface area contributed by atoms with Crippen LogP contribution in [0.1, 0.15) is 11.1 Å². The van der Waals surface area contributed by atoms with Crippen LogP contribution in [-0.4, -0.2) is 34.8 Å². The molecular formula is C18H18N6O2S. The smallest absolute Gasteiger partial charge is 0.265 e. The van der Waals surface area contributed by atoms with Gasteiger partial charge in [-0.25, -0.2) is 4.98 Å². The number of nitrogens with zero attached hydrogens (tertiary/aromatic N) is 3. The minimum atomic E-state index is -0.261. The molecule has 3 N–H and O–H groups in total. The van der Waals surface area contributed by atoms with Crippen LogP contribution in [0.4, 0.5) is 0 Å². The average Bonchev–Trinajstić information content (AvgIpc) is 3.04. The molecule has 0 amide bonds. The summed E-state index contributed by atoms with van der Waals surface area (Å²) in [5.74, 6) is 0. The summed E-state index contributed by atoms with van der Waals surface area (Å²) in [6, 6.07) is 9.44. The summed E-state index contributed by atoms with van der Waals surface area (Å²) in [5, 5.41) is 13.3. The molecule has 0 aliphatic heterocycles. The van der Waals surface area contributed by atoms with Crippen LogP contribution in [0, 0.1) is 18.3 Å². The quantitative estimate of drug-likeness (QED) is 0.324. The molecule has 2 aromatic heterocycles. The Hall–Kier alpha value is -3.22. The highest BCUT2D eigenvalue weighted by molar-refractivity contribution is 7.80. The first-order valence-corrected chi connectivity index (χ1v) is 8.61. The van der Waals surface area contributed by atoms with E-state index in [-0.39, 0.29) is 5.56 Å². The zero-order valence-electron chi connectivity index (χ0n) is 14.9. The van der Waals surface area contributed by atoms with E-state index in [4.69, 9.17) is 17.0 Å². The SMILES string of the molecule is COCCNC(=S)NNC=c1c(C)c(C#N)c2nc3ccccc3n2c1=O. The first-order valence-electron chi connectivity index (χ1n) is 8.21. The number of benzene rings is 1. The van der Waals surface area contributed by atoms with Crippen molar-refractivity contribution in [2.24, 2.45) is 0 Å². The molecule has 0 atom stereocenters. The first kappa shape index (κ1) is 18.6. The number of rotatable bonds is 5. The number of thiocarbonyl (C=S) groups is 1. The molecule has 0 radical (unpaired) electrons. The van der Waals surface area contributed by atoms with Crippen molar-refractivity contribution >= 4 is 40.2 Å². The number of methoxy groups -OCH3 is 1. The van der Waals surface area contributed by atoms with E-state index in [1.165, 1.54) is 10.6 Å². The van der Waals surface area contributed by atoms with Crippen molar-refractivity contribution in [3.05, 3.63) is 51.0 Å². The van der Waals surface area contributed by atoms with Gasteiger partial charge < -0.3 is 15.5 Å². The molecule has 138 valence electrons. The maximum Gasteiger partial charge on any atom is 0.265 e. The van der Waals surface area contributed by atoms with Crippen molar-refractivity contribution in [1.29, 1.82) is 5.26 Å². The molecule has 2 heterocycles. The number of nitriles is 1. The van der Waals surface area contributed by atoms with Gasteiger partial charge in [0.25, 0.3) is 5.56 Å². The minimum Gasteiger partial charge on any atom is -0.383 e. The van der Waals surface area contributed by atoms with Crippen LogP contribution in [0.5, 0.6) is 0 Å². The van der Waals surface area contributed by atoms with Gasteiger partial charge in [0.15, 0.2) is 10.8 Å². The molecule has 1 aromatic carbocycles. The van der Waals surface area contributed by atoms with E-state index in [0.717, 1.165) is 0 Å². The molecule has 8 nitrogen and oxygen atoms in total. The highest BCUT2D eigenvalue weighted by Gasteiger charge is 2.15. The summed E-state index contributed by atoms with van der Waals surface area (Å²) in [6.07, 6.45) is 1.50. The maximum absolute atomic E-state index is 13.0. The van der Waals surface area contributed by atoms with Gasteiger partial charge in [0.1, 0.15) is 6.07 Å². The molecular weight excluding hydrogens is 364 g/mol. The van der Waals surface area contributed by atoms with Crippen LogP contribution >= 0.6 is 12.2 Å². The fourth-order valence-electron chi connectivity index (χ4n) is 2.77. The monoisotopic (exact) mass is 382 g/mol. The fraction of sp³-hybridized carbons (Fsp3) is 0.222. The Morgan fingerprint density at radius 2 is 2.22 bits per heavy atom. The van der Waals surface area contributed by atoms with Gasteiger partial charge in [0, 0.05) is 19.9 Å². The molecule has 0 bridgehead atoms. The molecule has 3 rings (SSSR count). The average molecular weight is 382 g/mol. The summed E-state index contributed by atoms with van der Waals surface area (Å²) in [4.78, 5) is 17.5. The number of para-hydroxylation sites is 2. The Morgan fingerprint density at radius 3 is 2.96 bits per heavy atom. The van der Waals surface area contributed by atoms with Gasteiger partial charge in [-0.1, -0.05) is 12.1 Å². The summed E-state index contributed by atoms with van der Waals surface area (Å²) in [6.45, 7) is 2.80. The second-order valence-corrected chi connectivity index (χ2v) is 6.16. The number of pyridine rings is 1. The third-order valence-corrected chi connectivity index (χ3v) is 4.35. The van der Waals surface area contributed by atoms with E-state index in [9.17, 15) is 10.1 Å². The normalized spacial score (nSPS) is 11.5. The van der Waals surface area contributed by atoms with Crippen LogP contribution < -0.4 is 26.9 Å². The lowest BCUT2D eigenvalue weighted by Crippen LogP contribution is -2.45. The van der Waals surface area contributed by atoms with Crippen molar-refractivity contribution in [3.63, 3.8) is 0 Å². The Balaban J connectivity index is 2.03. The Morgan fingerprint density at radius 1 is 1.44 bits per heavy atom. The van der Waals surface area contributed by atoms with Crippen LogP contribution in [-0.2, 0) is 4.74 Å². The zero-order chi connectivity index (χ0) is 19.4. The molecule has 0 aliphatic carbocycles. The predicted molar refractivity (Wildman–Crippen MR) is 107 cm³/mol. The Labute approximate surface area is 160 Å². The van der Waals surface area contributed by atoms with Crippen LogP contribution in [0.15, 0.2) is 29.1 Å². The summed E-state index contributed by atoms with van der Waals surface area (Å²) in [7, 11) is 1.60. The lowest BCUT2D eigenvalue weighted by molar-refractivity contribution is 0.204. The number of fused-ring (bicyclic) bond motifs is 3. The summed E-state index contributed by atoms with van der Waals surface area (Å²) < 4.78 is 6.39. The van der Waals surface area contributed by atoms with E-state index in [0.29, 0.717) is 51.3 Å².